The summed E-state index contributed by atoms with van der Waals surface area (Å²) in [7, 11) is 0. The van der Waals surface area contributed by atoms with Gasteiger partial charge < -0.3 is 14.5 Å². The molecule has 2 aliphatic heterocycles. The van der Waals surface area contributed by atoms with E-state index in [1.54, 1.807) is 6.92 Å². The maximum atomic E-state index is 12.5. The van der Waals surface area contributed by atoms with E-state index in [0.717, 1.165) is 31.8 Å². The minimum atomic E-state index is 0.108. The Bertz CT molecular complexity index is 653. The molecule has 0 spiro atoms. The highest BCUT2D eigenvalue weighted by atomic mass is 16.5. The lowest BCUT2D eigenvalue weighted by Gasteiger charge is -2.33. The van der Waals surface area contributed by atoms with E-state index in [4.69, 9.17) is 4.74 Å². The van der Waals surface area contributed by atoms with Gasteiger partial charge in [0.15, 0.2) is 5.78 Å². The van der Waals surface area contributed by atoms with Crippen LogP contribution in [0, 0.1) is 0 Å². The van der Waals surface area contributed by atoms with Crippen molar-refractivity contribution >= 4 is 11.7 Å². The quantitative estimate of drug-likeness (QED) is 0.506. The number of likely N-dealkylation sites (tertiary alicyclic amines) is 1. The van der Waals surface area contributed by atoms with Crippen LogP contribution in [0.1, 0.15) is 43.5 Å². The van der Waals surface area contributed by atoms with Crippen LogP contribution in [0.2, 0.25) is 0 Å². The van der Waals surface area contributed by atoms with Gasteiger partial charge in [0.05, 0.1) is 13.2 Å². The Morgan fingerprint density at radius 1 is 1.07 bits per heavy atom. The van der Waals surface area contributed by atoms with E-state index >= 15 is 0 Å². The van der Waals surface area contributed by atoms with Crippen LogP contribution in [0.5, 0.6) is 5.75 Å². The molecule has 3 rings (SSSR count). The fourth-order valence-corrected chi connectivity index (χ4v) is 4.03. The smallest absolute Gasteiger partial charge is 0.219 e. The predicted octanol–water partition coefficient (Wildman–Crippen LogP) is 2.29. The number of hydrogen-bond acceptors (Lipinski definition) is 5. The first-order valence-electron chi connectivity index (χ1n) is 10.5. The first-order chi connectivity index (χ1) is 13.5. The van der Waals surface area contributed by atoms with Gasteiger partial charge in [0.2, 0.25) is 5.91 Å². The number of ether oxygens (including phenoxy) is 1. The molecule has 2 saturated heterocycles. The summed E-state index contributed by atoms with van der Waals surface area (Å²) in [6.07, 6.45) is 3.64. The molecule has 6 nitrogen and oxygen atoms in total. The second-order valence-corrected chi connectivity index (χ2v) is 7.96. The fraction of sp³-hybridized carbons (Fsp3) is 0.636. The molecule has 0 radical (unpaired) electrons. The zero-order chi connectivity index (χ0) is 19.9. The molecule has 28 heavy (non-hydrogen) atoms. The number of rotatable bonds is 8. The average molecular weight is 388 g/mol. The van der Waals surface area contributed by atoms with Gasteiger partial charge in [-0.3, -0.25) is 14.5 Å². The van der Waals surface area contributed by atoms with Gasteiger partial charge in [0.1, 0.15) is 5.75 Å². The highest BCUT2D eigenvalue weighted by Crippen LogP contribution is 2.17. The number of carbonyl (C=O) groups excluding carboxylic acids is 2. The molecular formula is C22H33N3O3. The highest BCUT2D eigenvalue weighted by molar-refractivity contribution is 5.97. The van der Waals surface area contributed by atoms with Gasteiger partial charge in [-0.15, -0.1) is 0 Å². The van der Waals surface area contributed by atoms with E-state index in [2.05, 4.69) is 16.7 Å². The average Bonchev–Trinajstić information content (AvgIpc) is 3.11. The molecule has 1 atom stereocenters. The molecule has 1 unspecified atom stereocenters. The Balaban J connectivity index is 1.37. The van der Waals surface area contributed by atoms with Crippen molar-refractivity contribution in [2.45, 2.75) is 39.2 Å². The van der Waals surface area contributed by atoms with E-state index in [-0.39, 0.29) is 11.7 Å². The molecule has 0 bridgehead atoms. The molecule has 1 aromatic carbocycles. The van der Waals surface area contributed by atoms with Crippen LogP contribution in [0.3, 0.4) is 0 Å². The fourth-order valence-electron chi connectivity index (χ4n) is 4.03. The number of piperazine rings is 1. The molecule has 2 heterocycles. The van der Waals surface area contributed by atoms with Crippen LogP contribution >= 0.6 is 0 Å². The van der Waals surface area contributed by atoms with Crippen molar-refractivity contribution in [2.75, 3.05) is 52.4 Å². The molecule has 154 valence electrons. The molecule has 6 heteroatoms. The van der Waals surface area contributed by atoms with Gasteiger partial charge >= 0.3 is 0 Å². The molecule has 2 aliphatic rings. The van der Waals surface area contributed by atoms with Crippen molar-refractivity contribution in [1.29, 1.82) is 0 Å². The first kappa shape index (κ1) is 20.8. The third-order valence-electron chi connectivity index (χ3n) is 5.91. The first-order valence-corrected chi connectivity index (χ1v) is 10.5. The zero-order valence-corrected chi connectivity index (χ0v) is 17.2. The Labute approximate surface area is 168 Å². The summed E-state index contributed by atoms with van der Waals surface area (Å²) in [5, 5.41) is 0. The predicted molar refractivity (Wildman–Crippen MR) is 110 cm³/mol. The van der Waals surface area contributed by atoms with E-state index in [0.29, 0.717) is 37.8 Å². The van der Waals surface area contributed by atoms with Gasteiger partial charge in [0, 0.05) is 51.3 Å². The Kier molecular flexibility index (Phi) is 7.45. The number of amides is 1. The maximum absolute atomic E-state index is 12.5. The van der Waals surface area contributed by atoms with E-state index in [1.807, 2.05) is 29.2 Å². The largest absolute Gasteiger partial charge is 0.494 e. The second-order valence-electron chi connectivity index (χ2n) is 7.96. The monoisotopic (exact) mass is 387 g/mol. The third-order valence-corrected chi connectivity index (χ3v) is 5.91. The Morgan fingerprint density at radius 3 is 2.39 bits per heavy atom. The summed E-state index contributed by atoms with van der Waals surface area (Å²) in [5.41, 5.74) is 0.715. The van der Waals surface area contributed by atoms with Crippen LogP contribution in [0.15, 0.2) is 24.3 Å². The second kappa shape index (κ2) is 10.0. The van der Waals surface area contributed by atoms with E-state index in [9.17, 15) is 9.59 Å². The lowest BCUT2D eigenvalue weighted by atomic mass is 10.1. The summed E-state index contributed by atoms with van der Waals surface area (Å²) in [6, 6.07) is 8.19. The number of ketones is 1. The number of hydrogen-bond donors (Lipinski definition) is 0. The summed E-state index contributed by atoms with van der Waals surface area (Å²) < 4.78 is 5.83. The highest BCUT2D eigenvalue weighted by Gasteiger charge is 2.21. The normalized spacial score (nSPS) is 21.1. The van der Waals surface area contributed by atoms with Gasteiger partial charge in [-0.25, -0.2) is 0 Å². The standard InChI is InChI=1S/C22H33N3O3/c1-18-5-3-10-24(18)11-4-16-28-21-8-6-20(7-9-21)22(27)17-23-12-14-25(15-13-23)19(2)26/h6-9,18H,3-5,10-17H2,1-2H3. The van der Waals surface area contributed by atoms with Crippen LogP contribution in [-0.2, 0) is 4.79 Å². The van der Waals surface area contributed by atoms with Crippen molar-refractivity contribution in [3.63, 3.8) is 0 Å². The minimum Gasteiger partial charge on any atom is -0.494 e. The van der Waals surface area contributed by atoms with E-state index in [1.165, 1.54) is 19.4 Å². The molecule has 1 amide bonds. The Morgan fingerprint density at radius 2 is 1.79 bits per heavy atom. The van der Waals surface area contributed by atoms with Crippen molar-refractivity contribution in [3.05, 3.63) is 29.8 Å². The number of benzene rings is 1. The zero-order valence-electron chi connectivity index (χ0n) is 17.2. The number of Topliss-reactive ketones (excluding diaryl/α,β-unsaturated/α-hetero) is 1. The third kappa shape index (κ3) is 5.79. The van der Waals surface area contributed by atoms with Crippen molar-refractivity contribution in [1.82, 2.24) is 14.7 Å². The van der Waals surface area contributed by atoms with Gasteiger partial charge in [0.25, 0.3) is 0 Å². The van der Waals surface area contributed by atoms with Crippen LogP contribution < -0.4 is 4.74 Å². The topological polar surface area (TPSA) is 53.1 Å². The maximum Gasteiger partial charge on any atom is 0.219 e. The summed E-state index contributed by atoms with van der Waals surface area (Å²) >= 11 is 0. The van der Waals surface area contributed by atoms with Gasteiger partial charge in [-0.1, -0.05) is 0 Å². The lowest BCUT2D eigenvalue weighted by Crippen LogP contribution is -2.49. The van der Waals surface area contributed by atoms with Crippen LogP contribution in [-0.4, -0.2) is 84.9 Å². The summed E-state index contributed by atoms with van der Waals surface area (Å²) in [6.45, 7) is 10.2. The summed E-state index contributed by atoms with van der Waals surface area (Å²) in [4.78, 5) is 30.4. The minimum absolute atomic E-state index is 0.108. The van der Waals surface area contributed by atoms with Crippen molar-refractivity contribution in [3.8, 4) is 5.75 Å². The number of carbonyl (C=O) groups is 2. The van der Waals surface area contributed by atoms with Crippen molar-refractivity contribution < 1.29 is 14.3 Å². The lowest BCUT2D eigenvalue weighted by molar-refractivity contribution is -0.130. The molecule has 0 aromatic heterocycles. The van der Waals surface area contributed by atoms with Crippen molar-refractivity contribution in [2.24, 2.45) is 0 Å². The number of nitrogens with zero attached hydrogens (tertiary/aromatic N) is 3. The molecule has 0 N–H and O–H groups in total. The summed E-state index contributed by atoms with van der Waals surface area (Å²) in [5.74, 6) is 1.04. The molecular weight excluding hydrogens is 354 g/mol. The Hall–Kier alpha value is -1.92. The molecule has 0 aliphatic carbocycles. The molecule has 1 aromatic rings. The SMILES string of the molecule is CC(=O)N1CCN(CC(=O)c2ccc(OCCCN3CCCC3C)cc2)CC1. The van der Waals surface area contributed by atoms with Gasteiger partial charge in [-0.2, -0.15) is 0 Å². The van der Waals surface area contributed by atoms with E-state index < -0.39 is 0 Å². The molecule has 2 fully saturated rings. The van der Waals surface area contributed by atoms with Crippen LogP contribution in [0.4, 0.5) is 0 Å². The molecule has 0 saturated carbocycles. The van der Waals surface area contributed by atoms with Crippen LogP contribution in [0.25, 0.3) is 0 Å². The van der Waals surface area contributed by atoms with Gasteiger partial charge in [-0.05, 0) is 57.0 Å².